The lowest BCUT2D eigenvalue weighted by atomic mass is 10.6. The van der Waals surface area contributed by atoms with Crippen molar-refractivity contribution in [2.45, 2.75) is 0 Å². The highest BCUT2D eigenvalue weighted by molar-refractivity contribution is 8.01. The van der Waals surface area contributed by atoms with Crippen molar-refractivity contribution in [3.63, 3.8) is 0 Å². The lowest BCUT2D eigenvalue weighted by molar-refractivity contribution is 0.489. The van der Waals surface area contributed by atoms with Gasteiger partial charge in [-0.2, -0.15) is 8.42 Å². The zero-order valence-corrected chi connectivity index (χ0v) is 7.67. The van der Waals surface area contributed by atoms with Crippen molar-refractivity contribution in [1.29, 1.82) is 0 Å². The third-order valence-corrected chi connectivity index (χ3v) is 2.39. The van der Waals surface area contributed by atoms with Crippen LogP contribution in [0.15, 0.2) is 22.6 Å². The highest BCUT2D eigenvalue weighted by Gasteiger charge is 2.13. The van der Waals surface area contributed by atoms with E-state index < -0.39 is 10.1 Å². The highest BCUT2D eigenvalue weighted by Crippen LogP contribution is 2.11. The average molecular weight is 216 g/mol. The van der Waals surface area contributed by atoms with Gasteiger partial charge in [-0.1, -0.05) is 6.08 Å². The molecule has 1 rings (SSSR count). The summed E-state index contributed by atoms with van der Waals surface area (Å²) in [5.41, 5.74) is 0. The topological polar surface area (TPSA) is 66.4 Å². The quantitative estimate of drug-likeness (QED) is 0.503. The molecule has 0 aromatic heterocycles. The molecule has 0 atom stereocenters. The maximum absolute atomic E-state index is 10.4. The first-order chi connectivity index (χ1) is 4.61. The molecule has 0 fully saturated rings. The Balaban J connectivity index is 0.000001000. The second-order valence-electron chi connectivity index (χ2n) is 1.55. The molecule has 0 aliphatic carbocycles. The van der Waals surface area contributed by atoms with Crippen molar-refractivity contribution in [1.82, 2.24) is 4.72 Å². The fourth-order valence-electron chi connectivity index (χ4n) is 0.431. The number of rotatable bonds is 1. The minimum absolute atomic E-state index is 0. The summed E-state index contributed by atoms with van der Waals surface area (Å²) in [6.45, 7) is 0. The van der Waals surface area contributed by atoms with Crippen molar-refractivity contribution in [2.75, 3.05) is 0 Å². The minimum atomic E-state index is -4.05. The molecular formula is C4H6ClNO3S2. The van der Waals surface area contributed by atoms with E-state index in [1.54, 1.807) is 5.41 Å². The summed E-state index contributed by atoms with van der Waals surface area (Å²) in [6.07, 6.45) is 2.82. The van der Waals surface area contributed by atoms with E-state index in [1.165, 1.54) is 12.2 Å². The Kier molecular flexibility index (Phi) is 3.95. The molecule has 0 aromatic rings. The predicted molar refractivity (Wildman–Crippen MR) is 46.7 cm³/mol. The van der Waals surface area contributed by atoms with E-state index in [1.807, 2.05) is 0 Å². The van der Waals surface area contributed by atoms with Gasteiger partial charge in [0.25, 0.3) is 0 Å². The number of hydrogen-bond acceptors (Lipinski definition) is 4. The Morgan fingerprint density at radius 1 is 1.55 bits per heavy atom. The molecule has 0 saturated heterocycles. The van der Waals surface area contributed by atoms with Gasteiger partial charge in [0.2, 0.25) is 0 Å². The summed E-state index contributed by atoms with van der Waals surface area (Å²) in [5, 5.41) is 1.48. The third kappa shape index (κ3) is 3.15. The maximum atomic E-state index is 10.4. The molecule has 64 valence electrons. The van der Waals surface area contributed by atoms with Crippen molar-refractivity contribution in [3.8, 4) is 0 Å². The van der Waals surface area contributed by atoms with Crippen LogP contribution < -0.4 is 4.72 Å². The molecule has 1 aliphatic heterocycles. The molecule has 4 nitrogen and oxygen atoms in total. The van der Waals surface area contributed by atoms with E-state index in [0.29, 0.717) is 0 Å². The van der Waals surface area contributed by atoms with E-state index in [9.17, 15) is 8.42 Å². The van der Waals surface area contributed by atoms with E-state index in [2.05, 4.69) is 4.72 Å². The van der Waals surface area contributed by atoms with Crippen LogP contribution in [0.25, 0.3) is 0 Å². The zero-order chi connectivity index (χ0) is 7.61. The van der Waals surface area contributed by atoms with Gasteiger partial charge in [0.05, 0.1) is 0 Å². The first kappa shape index (κ1) is 10.8. The SMILES string of the molecule is Cl.O=S(=O)(O)C1=CC=CSN1. The second kappa shape index (κ2) is 4.01. The molecule has 0 saturated carbocycles. The van der Waals surface area contributed by atoms with E-state index >= 15 is 0 Å². The van der Waals surface area contributed by atoms with Crippen LogP contribution in [0, 0.1) is 0 Å². The molecule has 0 spiro atoms. The summed E-state index contributed by atoms with van der Waals surface area (Å²) in [6, 6.07) is 0. The molecule has 7 heteroatoms. The summed E-state index contributed by atoms with van der Waals surface area (Å²) in [4.78, 5) is 0. The zero-order valence-electron chi connectivity index (χ0n) is 5.22. The minimum Gasteiger partial charge on any atom is -0.315 e. The fraction of sp³-hybridized carbons (Fsp3) is 0. The van der Waals surface area contributed by atoms with Crippen LogP contribution in [0.1, 0.15) is 0 Å². The number of hydrogen-bond donors (Lipinski definition) is 2. The molecule has 1 aliphatic rings. The molecule has 0 unspecified atom stereocenters. The van der Waals surface area contributed by atoms with Gasteiger partial charge >= 0.3 is 10.1 Å². The van der Waals surface area contributed by atoms with Gasteiger partial charge in [-0.15, -0.1) is 12.4 Å². The first-order valence-electron chi connectivity index (χ1n) is 2.37. The van der Waals surface area contributed by atoms with Crippen LogP contribution in [-0.2, 0) is 10.1 Å². The summed E-state index contributed by atoms with van der Waals surface area (Å²) in [7, 11) is -4.05. The van der Waals surface area contributed by atoms with E-state index in [0.717, 1.165) is 11.9 Å². The smallest absolute Gasteiger partial charge is 0.310 e. The Morgan fingerprint density at radius 2 is 2.18 bits per heavy atom. The Hall–Kier alpha value is -0.170. The Bertz CT molecular complexity index is 282. The molecule has 0 amide bonds. The molecule has 0 aromatic carbocycles. The van der Waals surface area contributed by atoms with Crippen LogP contribution >= 0.6 is 24.4 Å². The van der Waals surface area contributed by atoms with Crippen molar-refractivity contribution in [2.24, 2.45) is 0 Å². The molecule has 0 bridgehead atoms. The van der Waals surface area contributed by atoms with Crippen molar-refractivity contribution >= 4 is 34.5 Å². The summed E-state index contributed by atoms with van der Waals surface area (Å²) in [5.74, 6) is 0. The molecule has 0 radical (unpaired) electrons. The Morgan fingerprint density at radius 3 is 2.45 bits per heavy atom. The van der Waals surface area contributed by atoms with Gasteiger partial charge in [-0.3, -0.25) is 4.55 Å². The van der Waals surface area contributed by atoms with Gasteiger partial charge < -0.3 is 4.72 Å². The van der Waals surface area contributed by atoms with Gasteiger partial charge in [-0.25, -0.2) is 0 Å². The molecular weight excluding hydrogens is 210 g/mol. The first-order valence-corrected chi connectivity index (χ1v) is 4.68. The van der Waals surface area contributed by atoms with Crippen LogP contribution in [0.5, 0.6) is 0 Å². The van der Waals surface area contributed by atoms with Crippen molar-refractivity contribution in [3.05, 3.63) is 22.6 Å². The number of nitrogens with one attached hydrogen (secondary N) is 1. The van der Waals surface area contributed by atoms with E-state index in [-0.39, 0.29) is 17.4 Å². The van der Waals surface area contributed by atoms with Gasteiger partial charge in [-0.05, 0) is 23.4 Å². The third-order valence-electron chi connectivity index (χ3n) is 0.832. The number of halogens is 1. The van der Waals surface area contributed by atoms with Gasteiger partial charge in [0.15, 0.2) is 5.03 Å². The van der Waals surface area contributed by atoms with Crippen LogP contribution in [0.3, 0.4) is 0 Å². The number of allylic oxidation sites excluding steroid dienone is 2. The second-order valence-corrected chi connectivity index (χ2v) is 3.66. The van der Waals surface area contributed by atoms with Crippen molar-refractivity contribution < 1.29 is 13.0 Å². The summed E-state index contributed by atoms with van der Waals surface area (Å²) >= 11 is 1.09. The monoisotopic (exact) mass is 215 g/mol. The standard InChI is InChI=1S/C4H5NO3S2.ClH/c6-10(7,8)4-2-1-3-9-5-4;/h1-3,5H,(H,6,7,8);1H. The normalized spacial score (nSPS) is 16.3. The van der Waals surface area contributed by atoms with E-state index in [4.69, 9.17) is 4.55 Å². The fourth-order valence-corrected chi connectivity index (χ4v) is 1.66. The van der Waals surface area contributed by atoms with Gasteiger partial charge in [0.1, 0.15) is 0 Å². The van der Waals surface area contributed by atoms with Crippen LogP contribution in [0.4, 0.5) is 0 Å². The van der Waals surface area contributed by atoms with Crippen LogP contribution in [-0.4, -0.2) is 13.0 Å². The highest BCUT2D eigenvalue weighted by atomic mass is 35.5. The maximum Gasteiger partial charge on any atom is 0.310 e. The lowest BCUT2D eigenvalue weighted by Crippen LogP contribution is -2.14. The average Bonchev–Trinajstić information content (AvgIpc) is 1.88. The predicted octanol–water partition coefficient (Wildman–Crippen LogP) is 0.902. The molecule has 11 heavy (non-hydrogen) atoms. The molecule has 1 heterocycles. The molecule has 2 N–H and O–H groups in total. The van der Waals surface area contributed by atoms with Crippen LogP contribution in [0.2, 0.25) is 0 Å². The Labute approximate surface area is 75.0 Å². The summed E-state index contributed by atoms with van der Waals surface area (Å²) < 4.78 is 31.6. The van der Waals surface area contributed by atoms with Gasteiger partial charge in [0, 0.05) is 0 Å². The lowest BCUT2D eigenvalue weighted by Gasteiger charge is -2.05. The largest absolute Gasteiger partial charge is 0.315 e.